The molecule has 0 amide bonds. The number of nitrogens with zero attached hydrogens (tertiary/aromatic N) is 1. The van der Waals surface area contributed by atoms with E-state index < -0.39 is 0 Å². The number of anilines is 1. The molecular formula is C14H16N2. The van der Waals surface area contributed by atoms with Crippen LogP contribution in [0.15, 0.2) is 30.5 Å². The summed E-state index contributed by atoms with van der Waals surface area (Å²) in [6.45, 7) is 6.20. The SMILES string of the molecule is Cc1ccc(-c2cnc(N)c(C)c2)c(C)c1. The molecule has 1 aromatic carbocycles. The molecule has 0 saturated heterocycles. The number of hydrogen-bond acceptors (Lipinski definition) is 2. The molecule has 16 heavy (non-hydrogen) atoms. The van der Waals surface area contributed by atoms with Crippen LogP contribution < -0.4 is 5.73 Å². The number of benzene rings is 1. The first-order valence-corrected chi connectivity index (χ1v) is 5.37. The van der Waals surface area contributed by atoms with Crippen LogP contribution in [-0.2, 0) is 0 Å². The number of nitrogen functional groups attached to an aromatic ring is 1. The third-order valence-electron chi connectivity index (χ3n) is 2.81. The predicted molar refractivity (Wildman–Crippen MR) is 68.3 cm³/mol. The molecule has 2 heteroatoms. The maximum atomic E-state index is 5.72. The minimum atomic E-state index is 0.605. The van der Waals surface area contributed by atoms with Gasteiger partial charge in [0.1, 0.15) is 5.82 Å². The Morgan fingerprint density at radius 3 is 2.38 bits per heavy atom. The fraction of sp³-hybridized carbons (Fsp3) is 0.214. The molecule has 0 unspecified atom stereocenters. The maximum Gasteiger partial charge on any atom is 0.126 e. The van der Waals surface area contributed by atoms with Crippen LogP contribution >= 0.6 is 0 Å². The topological polar surface area (TPSA) is 38.9 Å². The molecule has 2 N–H and O–H groups in total. The van der Waals surface area contributed by atoms with E-state index in [0.29, 0.717) is 5.82 Å². The van der Waals surface area contributed by atoms with Gasteiger partial charge in [-0.1, -0.05) is 23.8 Å². The van der Waals surface area contributed by atoms with Crippen molar-refractivity contribution < 1.29 is 0 Å². The molecule has 0 bridgehead atoms. The summed E-state index contributed by atoms with van der Waals surface area (Å²) < 4.78 is 0. The van der Waals surface area contributed by atoms with E-state index in [1.165, 1.54) is 16.7 Å². The number of aromatic nitrogens is 1. The molecule has 0 saturated carbocycles. The lowest BCUT2D eigenvalue weighted by molar-refractivity contribution is 1.27. The van der Waals surface area contributed by atoms with Crippen LogP contribution in [0.5, 0.6) is 0 Å². The lowest BCUT2D eigenvalue weighted by Gasteiger charge is -2.08. The maximum absolute atomic E-state index is 5.72. The Balaban J connectivity index is 2.54. The number of aryl methyl sites for hydroxylation is 3. The molecule has 1 aromatic heterocycles. The fourth-order valence-electron chi connectivity index (χ4n) is 1.87. The smallest absolute Gasteiger partial charge is 0.126 e. The summed E-state index contributed by atoms with van der Waals surface area (Å²) in [6, 6.07) is 8.52. The minimum Gasteiger partial charge on any atom is -0.383 e. The van der Waals surface area contributed by atoms with Gasteiger partial charge in [0.15, 0.2) is 0 Å². The monoisotopic (exact) mass is 212 g/mol. The van der Waals surface area contributed by atoms with E-state index >= 15 is 0 Å². The van der Waals surface area contributed by atoms with Crippen LogP contribution in [0.4, 0.5) is 5.82 Å². The second kappa shape index (κ2) is 3.97. The zero-order valence-electron chi connectivity index (χ0n) is 9.91. The first kappa shape index (κ1) is 10.7. The molecule has 0 fully saturated rings. The average molecular weight is 212 g/mol. The van der Waals surface area contributed by atoms with Gasteiger partial charge in [0.2, 0.25) is 0 Å². The molecule has 0 atom stereocenters. The summed E-state index contributed by atoms with van der Waals surface area (Å²) in [5, 5.41) is 0. The normalized spacial score (nSPS) is 10.4. The van der Waals surface area contributed by atoms with Gasteiger partial charge in [-0.3, -0.25) is 0 Å². The molecule has 0 spiro atoms. The van der Waals surface area contributed by atoms with E-state index in [2.05, 4.69) is 43.1 Å². The highest BCUT2D eigenvalue weighted by Gasteiger charge is 2.04. The number of rotatable bonds is 1. The molecule has 0 aliphatic rings. The number of nitrogens with two attached hydrogens (primary N) is 1. The molecule has 2 rings (SSSR count). The zero-order valence-corrected chi connectivity index (χ0v) is 9.91. The largest absolute Gasteiger partial charge is 0.383 e. The molecule has 2 aromatic rings. The van der Waals surface area contributed by atoms with Crippen LogP contribution in [0.1, 0.15) is 16.7 Å². The molecule has 82 valence electrons. The van der Waals surface area contributed by atoms with Crippen molar-refractivity contribution in [3.63, 3.8) is 0 Å². The zero-order chi connectivity index (χ0) is 11.7. The van der Waals surface area contributed by atoms with Crippen molar-refractivity contribution in [1.29, 1.82) is 0 Å². The van der Waals surface area contributed by atoms with Gasteiger partial charge in [-0.15, -0.1) is 0 Å². The van der Waals surface area contributed by atoms with E-state index in [1.54, 1.807) is 0 Å². The third-order valence-corrected chi connectivity index (χ3v) is 2.81. The van der Waals surface area contributed by atoms with Crippen molar-refractivity contribution in [2.24, 2.45) is 0 Å². The Morgan fingerprint density at radius 1 is 1.00 bits per heavy atom. The van der Waals surface area contributed by atoms with Gasteiger partial charge in [-0.25, -0.2) is 4.98 Å². The lowest BCUT2D eigenvalue weighted by Crippen LogP contribution is -1.94. The van der Waals surface area contributed by atoms with E-state index in [-0.39, 0.29) is 0 Å². The summed E-state index contributed by atoms with van der Waals surface area (Å²) in [5.74, 6) is 0.605. The van der Waals surface area contributed by atoms with E-state index in [1.807, 2.05) is 13.1 Å². The van der Waals surface area contributed by atoms with Crippen molar-refractivity contribution in [2.45, 2.75) is 20.8 Å². The van der Waals surface area contributed by atoms with E-state index in [0.717, 1.165) is 11.1 Å². The van der Waals surface area contributed by atoms with Crippen LogP contribution in [-0.4, -0.2) is 4.98 Å². The predicted octanol–water partition coefficient (Wildman–Crippen LogP) is 3.26. The van der Waals surface area contributed by atoms with Crippen LogP contribution in [0.2, 0.25) is 0 Å². The van der Waals surface area contributed by atoms with Gasteiger partial charge in [-0.05, 0) is 43.5 Å². The summed E-state index contributed by atoms with van der Waals surface area (Å²) in [6.07, 6.45) is 1.83. The van der Waals surface area contributed by atoms with Gasteiger partial charge >= 0.3 is 0 Å². The first-order valence-electron chi connectivity index (χ1n) is 5.37. The summed E-state index contributed by atoms with van der Waals surface area (Å²) in [7, 11) is 0. The second-order valence-corrected chi connectivity index (χ2v) is 4.24. The van der Waals surface area contributed by atoms with Crippen molar-refractivity contribution in [3.05, 3.63) is 47.2 Å². The van der Waals surface area contributed by atoms with Crippen LogP contribution in [0, 0.1) is 20.8 Å². The first-order chi connectivity index (χ1) is 7.58. The molecular weight excluding hydrogens is 196 g/mol. The van der Waals surface area contributed by atoms with Gasteiger partial charge < -0.3 is 5.73 Å². The molecule has 2 nitrogen and oxygen atoms in total. The summed E-state index contributed by atoms with van der Waals surface area (Å²) in [5.41, 5.74) is 11.6. The number of pyridine rings is 1. The minimum absolute atomic E-state index is 0.605. The Hall–Kier alpha value is -1.83. The lowest BCUT2D eigenvalue weighted by atomic mass is 9.99. The molecule has 0 radical (unpaired) electrons. The molecule has 1 heterocycles. The molecule has 0 aliphatic heterocycles. The van der Waals surface area contributed by atoms with Gasteiger partial charge in [0, 0.05) is 11.8 Å². The standard InChI is InChI=1S/C14H16N2/c1-9-4-5-13(10(2)6-9)12-7-11(3)14(15)16-8-12/h4-8H,1-3H3,(H2,15,16). The Kier molecular flexibility index (Phi) is 2.65. The quantitative estimate of drug-likeness (QED) is 0.788. The summed E-state index contributed by atoms with van der Waals surface area (Å²) in [4.78, 5) is 4.20. The van der Waals surface area contributed by atoms with Crippen LogP contribution in [0.3, 0.4) is 0 Å². The van der Waals surface area contributed by atoms with E-state index in [9.17, 15) is 0 Å². The highest BCUT2D eigenvalue weighted by Crippen LogP contribution is 2.25. The third kappa shape index (κ3) is 1.91. The average Bonchev–Trinajstić information content (AvgIpc) is 2.22. The Bertz CT molecular complexity index is 530. The van der Waals surface area contributed by atoms with Gasteiger partial charge in [-0.2, -0.15) is 0 Å². The van der Waals surface area contributed by atoms with Crippen molar-refractivity contribution >= 4 is 5.82 Å². The number of hydrogen-bond donors (Lipinski definition) is 1. The van der Waals surface area contributed by atoms with Gasteiger partial charge in [0.25, 0.3) is 0 Å². The summed E-state index contributed by atoms with van der Waals surface area (Å²) >= 11 is 0. The Labute approximate surface area is 96.1 Å². The highest BCUT2D eigenvalue weighted by molar-refractivity contribution is 5.68. The van der Waals surface area contributed by atoms with Crippen molar-refractivity contribution in [1.82, 2.24) is 4.98 Å². The highest BCUT2D eigenvalue weighted by atomic mass is 14.8. The van der Waals surface area contributed by atoms with Gasteiger partial charge in [0.05, 0.1) is 0 Å². The van der Waals surface area contributed by atoms with Crippen LogP contribution in [0.25, 0.3) is 11.1 Å². The second-order valence-electron chi connectivity index (χ2n) is 4.24. The van der Waals surface area contributed by atoms with Crippen molar-refractivity contribution in [2.75, 3.05) is 5.73 Å². The van der Waals surface area contributed by atoms with E-state index in [4.69, 9.17) is 5.73 Å². The van der Waals surface area contributed by atoms with Crippen molar-refractivity contribution in [3.8, 4) is 11.1 Å². The fourth-order valence-corrected chi connectivity index (χ4v) is 1.87. The Morgan fingerprint density at radius 2 is 1.75 bits per heavy atom. The molecule has 0 aliphatic carbocycles.